The SMILES string of the molecule is CCCCCCCCCCCCCCCCOCCCO[P@@](=O)(OCOC(=O)OC(C)C)OC[C@H]1O[C@@](C#N)(c2ccc3c(N)ncnn23)[C@H](OC(C)=O)[C@@H]1OC(C)=O. The van der Waals surface area contributed by atoms with Crippen molar-refractivity contribution in [1.29, 1.82) is 5.26 Å². The van der Waals surface area contributed by atoms with E-state index in [0.717, 1.165) is 33.0 Å². The summed E-state index contributed by atoms with van der Waals surface area (Å²) in [6.07, 6.45) is 13.2. The van der Waals surface area contributed by atoms with Crippen molar-refractivity contribution >= 4 is 37.3 Å². The molecule has 19 heteroatoms. The van der Waals surface area contributed by atoms with Crippen molar-refractivity contribution in [2.45, 2.75) is 161 Å². The van der Waals surface area contributed by atoms with Crippen molar-refractivity contribution in [1.82, 2.24) is 14.6 Å². The Morgan fingerprint density at radius 2 is 1.49 bits per heavy atom. The standard InChI is InChI=1S/C40H64N5O13P/c1-6-7-8-9-10-11-12-13-14-15-16-17-18-19-23-50-24-20-25-52-59(49,54-29-51-39(48)55-30(2)3)53-26-34-36(56-31(4)46)37(57-32(5)47)40(27-41,58-34)35-22-21-33-38(42)43-28-44-45(33)35/h21-22,28,30,34,36-37H,6-20,23-26,29H2,1-5H3,(H2,42,43,44)/t34-,36-,37-,40+,59-/m1/s1. The molecule has 332 valence electrons. The van der Waals surface area contributed by atoms with E-state index >= 15 is 0 Å². The lowest BCUT2D eigenvalue weighted by molar-refractivity contribution is -0.166. The normalized spacial score (nSPS) is 20.0. The number of phosphoric acid groups is 1. The zero-order valence-corrected chi connectivity index (χ0v) is 36.2. The maximum atomic E-state index is 13.9. The molecule has 5 atom stereocenters. The van der Waals surface area contributed by atoms with Crippen LogP contribution in [0, 0.1) is 11.3 Å². The zero-order chi connectivity index (χ0) is 43.1. The van der Waals surface area contributed by atoms with E-state index in [0.29, 0.717) is 25.2 Å². The van der Waals surface area contributed by atoms with E-state index in [1.165, 1.54) is 93.7 Å². The number of carbonyl (C=O) groups is 3. The van der Waals surface area contributed by atoms with Crippen LogP contribution in [0.2, 0.25) is 0 Å². The molecule has 3 rings (SSSR count). The van der Waals surface area contributed by atoms with Gasteiger partial charge in [-0.15, -0.1) is 0 Å². The third-order valence-electron chi connectivity index (χ3n) is 9.47. The lowest BCUT2D eigenvalue weighted by atomic mass is 9.92. The van der Waals surface area contributed by atoms with Crippen molar-refractivity contribution < 1.29 is 60.9 Å². The van der Waals surface area contributed by atoms with E-state index in [4.69, 9.17) is 47.7 Å². The van der Waals surface area contributed by atoms with Gasteiger partial charge in [-0.05, 0) is 38.8 Å². The molecule has 2 aromatic rings. The molecule has 0 bridgehead atoms. The molecule has 0 amide bonds. The molecule has 1 aliphatic rings. The van der Waals surface area contributed by atoms with Crippen LogP contribution in [0.4, 0.5) is 10.6 Å². The van der Waals surface area contributed by atoms with Crippen LogP contribution in [-0.2, 0) is 61.7 Å². The van der Waals surface area contributed by atoms with Gasteiger partial charge in [0, 0.05) is 27.1 Å². The number of anilines is 1. The molecule has 0 saturated carbocycles. The van der Waals surface area contributed by atoms with Gasteiger partial charge in [-0.2, -0.15) is 10.4 Å². The maximum absolute atomic E-state index is 13.9. The Bertz CT molecular complexity index is 1670. The summed E-state index contributed by atoms with van der Waals surface area (Å²) in [4.78, 5) is 40.6. The van der Waals surface area contributed by atoms with Crippen molar-refractivity contribution in [3.63, 3.8) is 0 Å². The highest BCUT2D eigenvalue weighted by Crippen LogP contribution is 2.51. The summed E-state index contributed by atoms with van der Waals surface area (Å²) < 4.78 is 64.6. The first-order valence-electron chi connectivity index (χ1n) is 20.8. The molecule has 0 aromatic carbocycles. The van der Waals surface area contributed by atoms with Crippen molar-refractivity contribution in [2.24, 2.45) is 0 Å². The molecule has 2 aromatic heterocycles. The van der Waals surface area contributed by atoms with Crippen molar-refractivity contribution in [3.05, 3.63) is 24.2 Å². The van der Waals surface area contributed by atoms with Gasteiger partial charge >= 0.3 is 25.9 Å². The number of nitrogens with zero attached hydrogens (tertiary/aromatic N) is 4. The highest BCUT2D eigenvalue weighted by atomic mass is 31.2. The zero-order valence-electron chi connectivity index (χ0n) is 35.3. The van der Waals surface area contributed by atoms with Gasteiger partial charge < -0.3 is 34.2 Å². The largest absolute Gasteiger partial charge is 0.510 e. The molecular formula is C40H64N5O13P. The molecule has 0 radical (unpaired) electrons. The molecule has 3 heterocycles. The average Bonchev–Trinajstić information content (AvgIpc) is 3.74. The number of nitrogen functional groups attached to an aromatic ring is 1. The Hall–Kier alpha value is -3.85. The number of unbranched alkanes of at least 4 members (excludes halogenated alkanes) is 13. The minimum absolute atomic E-state index is 0.0665. The molecule has 1 fully saturated rings. The van der Waals surface area contributed by atoms with E-state index < -0.39 is 69.3 Å². The topological polar surface area (TPSA) is 231 Å². The number of nitrogens with two attached hydrogens (primary N) is 1. The van der Waals surface area contributed by atoms with Crippen LogP contribution < -0.4 is 5.73 Å². The third-order valence-corrected chi connectivity index (χ3v) is 10.9. The summed E-state index contributed by atoms with van der Waals surface area (Å²) in [7, 11) is -4.56. The monoisotopic (exact) mass is 853 g/mol. The van der Waals surface area contributed by atoms with Gasteiger partial charge in [0.05, 0.1) is 25.0 Å². The summed E-state index contributed by atoms with van der Waals surface area (Å²) in [5.74, 6) is -1.53. The minimum Gasteiger partial charge on any atom is -0.456 e. The second-order valence-electron chi connectivity index (χ2n) is 14.7. The van der Waals surface area contributed by atoms with Crippen LogP contribution in [0.25, 0.3) is 5.52 Å². The van der Waals surface area contributed by atoms with E-state index in [1.807, 2.05) is 6.07 Å². The lowest BCUT2D eigenvalue weighted by Gasteiger charge is -2.28. The number of carbonyl (C=O) groups excluding carboxylic acids is 3. The van der Waals surface area contributed by atoms with E-state index in [-0.39, 0.29) is 18.1 Å². The highest BCUT2D eigenvalue weighted by molar-refractivity contribution is 7.48. The molecular weight excluding hydrogens is 789 g/mol. The summed E-state index contributed by atoms with van der Waals surface area (Å²) in [5.41, 5.74) is 4.25. The molecule has 0 aliphatic carbocycles. The first-order chi connectivity index (χ1) is 28.4. The number of rotatable bonds is 30. The highest BCUT2D eigenvalue weighted by Gasteiger charge is 2.62. The summed E-state index contributed by atoms with van der Waals surface area (Å²) in [5, 5.41) is 14.8. The molecule has 59 heavy (non-hydrogen) atoms. The summed E-state index contributed by atoms with van der Waals surface area (Å²) in [6.45, 7) is 6.90. The van der Waals surface area contributed by atoms with Crippen LogP contribution >= 0.6 is 7.82 Å². The number of phosphoric ester groups is 1. The summed E-state index contributed by atoms with van der Waals surface area (Å²) in [6, 6.07) is 5.05. The van der Waals surface area contributed by atoms with Crippen LogP contribution in [-0.4, -0.2) is 90.3 Å². The van der Waals surface area contributed by atoms with Crippen LogP contribution in [0.3, 0.4) is 0 Å². The number of hydrogen-bond acceptors (Lipinski definition) is 17. The van der Waals surface area contributed by atoms with Gasteiger partial charge in [-0.3, -0.25) is 18.6 Å². The molecule has 0 unspecified atom stereocenters. The van der Waals surface area contributed by atoms with E-state index in [9.17, 15) is 24.2 Å². The number of aromatic nitrogens is 3. The second kappa shape index (κ2) is 26.4. The van der Waals surface area contributed by atoms with Gasteiger partial charge in [-0.25, -0.2) is 23.4 Å². The second-order valence-corrected chi connectivity index (χ2v) is 16.4. The minimum atomic E-state index is -4.56. The number of hydrogen-bond donors (Lipinski definition) is 1. The fourth-order valence-electron chi connectivity index (χ4n) is 6.65. The van der Waals surface area contributed by atoms with E-state index in [1.54, 1.807) is 13.8 Å². The first kappa shape index (κ1) is 49.5. The fraction of sp³-hybridized carbons (Fsp3) is 0.750. The van der Waals surface area contributed by atoms with Crippen LogP contribution in [0.15, 0.2) is 18.5 Å². The maximum Gasteiger partial charge on any atom is 0.510 e. The Morgan fingerprint density at radius 1 is 0.881 bits per heavy atom. The Kier molecular flexibility index (Phi) is 22.1. The van der Waals surface area contributed by atoms with Gasteiger partial charge in [-0.1, -0.05) is 90.4 Å². The predicted octanol–water partition coefficient (Wildman–Crippen LogP) is 7.86. The lowest BCUT2D eigenvalue weighted by Crippen LogP contribution is -2.45. The van der Waals surface area contributed by atoms with Crippen LogP contribution in [0.1, 0.15) is 137 Å². The number of esters is 2. The molecule has 0 spiro atoms. The molecule has 1 saturated heterocycles. The Morgan fingerprint density at radius 3 is 2.08 bits per heavy atom. The molecule has 1 aliphatic heterocycles. The van der Waals surface area contributed by atoms with Gasteiger partial charge in [0.2, 0.25) is 12.4 Å². The fourth-order valence-corrected chi connectivity index (χ4v) is 7.74. The van der Waals surface area contributed by atoms with Gasteiger partial charge in [0.1, 0.15) is 24.0 Å². The smallest absolute Gasteiger partial charge is 0.456 e. The van der Waals surface area contributed by atoms with E-state index in [2.05, 4.69) is 17.0 Å². The Labute approximate surface area is 347 Å². The van der Waals surface area contributed by atoms with Crippen molar-refractivity contribution in [2.75, 3.05) is 39.0 Å². The predicted molar refractivity (Wildman–Crippen MR) is 215 cm³/mol. The van der Waals surface area contributed by atoms with Crippen LogP contribution in [0.5, 0.6) is 0 Å². The number of ether oxygens (including phenoxy) is 6. The molecule has 18 nitrogen and oxygen atoms in total. The third kappa shape index (κ3) is 16.6. The number of fused-ring (bicyclic) bond motifs is 1. The van der Waals surface area contributed by atoms with Crippen molar-refractivity contribution in [3.8, 4) is 6.07 Å². The Balaban J connectivity index is 1.57. The van der Waals surface area contributed by atoms with Gasteiger partial charge in [0.25, 0.3) is 0 Å². The number of nitriles is 1. The molecule has 2 N–H and O–H groups in total. The quantitative estimate of drug-likeness (QED) is 0.0259. The van der Waals surface area contributed by atoms with Gasteiger partial charge in [0.15, 0.2) is 18.0 Å². The average molecular weight is 854 g/mol. The first-order valence-corrected chi connectivity index (χ1v) is 22.3. The summed E-state index contributed by atoms with van der Waals surface area (Å²) >= 11 is 0.